The summed E-state index contributed by atoms with van der Waals surface area (Å²) in [6.07, 6.45) is 1.08. The minimum Gasteiger partial charge on any atom is -0.496 e. The van der Waals surface area contributed by atoms with Crippen molar-refractivity contribution in [3.05, 3.63) is 23.3 Å². The van der Waals surface area contributed by atoms with Crippen molar-refractivity contribution in [3.8, 4) is 11.5 Å². The van der Waals surface area contributed by atoms with E-state index in [9.17, 15) is 0 Å². The summed E-state index contributed by atoms with van der Waals surface area (Å²) in [6, 6.07) is 3.95. The molecule has 2 nitrogen and oxygen atoms in total. The molecule has 17 heavy (non-hydrogen) atoms. The highest BCUT2D eigenvalue weighted by Crippen LogP contribution is 2.62. The number of alkyl halides is 2. The van der Waals surface area contributed by atoms with Gasteiger partial charge in [-0.05, 0) is 18.6 Å². The average Bonchev–Trinajstić information content (AvgIpc) is 2.78. The second-order valence-electron chi connectivity index (χ2n) is 4.63. The number of hydrogen-bond acceptors (Lipinski definition) is 2. The second-order valence-corrected chi connectivity index (χ2v) is 6.31. The van der Waals surface area contributed by atoms with Crippen molar-refractivity contribution in [2.75, 3.05) is 14.2 Å². The van der Waals surface area contributed by atoms with Gasteiger partial charge in [0.15, 0.2) is 0 Å². The maximum atomic E-state index is 6.55. The molecule has 0 amide bonds. The number of benzene rings is 1. The Balaban J connectivity index is 2.22. The minimum atomic E-state index is 0.152. The van der Waals surface area contributed by atoms with Gasteiger partial charge in [-0.15, -0.1) is 11.6 Å². The van der Waals surface area contributed by atoms with Gasteiger partial charge in [-0.25, -0.2) is 0 Å². The SMILES string of the molecule is COc1ccc(OC)c2c1[C@@H]1[C@@H](Cl)[C@H]2C[C@H]1Br. The van der Waals surface area contributed by atoms with Crippen LogP contribution in [0.3, 0.4) is 0 Å². The molecule has 92 valence electrons. The summed E-state index contributed by atoms with van der Waals surface area (Å²) in [5.74, 6) is 2.59. The van der Waals surface area contributed by atoms with E-state index in [1.54, 1.807) is 14.2 Å². The lowest BCUT2D eigenvalue weighted by atomic mass is 9.90. The molecule has 0 heterocycles. The highest BCUT2D eigenvalue weighted by Gasteiger charge is 2.52. The van der Waals surface area contributed by atoms with E-state index in [1.807, 2.05) is 12.1 Å². The molecule has 3 rings (SSSR count). The summed E-state index contributed by atoms with van der Waals surface area (Å²) in [5, 5.41) is 0.152. The van der Waals surface area contributed by atoms with Crippen LogP contribution in [-0.2, 0) is 0 Å². The summed E-state index contributed by atoms with van der Waals surface area (Å²) in [7, 11) is 3.42. The Kier molecular flexibility index (Phi) is 2.79. The van der Waals surface area contributed by atoms with Gasteiger partial charge in [-0.1, -0.05) is 15.9 Å². The van der Waals surface area contributed by atoms with Crippen LogP contribution in [0.2, 0.25) is 0 Å². The molecule has 1 fully saturated rings. The molecule has 0 unspecified atom stereocenters. The number of ether oxygens (including phenoxy) is 2. The third-order valence-corrected chi connectivity index (χ3v) is 5.47. The van der Waals surface area contributed by atoms with Crippen molar-refractivity contribution in [2.45, 2.75) is 28.5 Å². The fourth-order valence-corrected chi connectivity index (χ4v) is 4.97. The first-order valence-corrected chi connectivity index (χ1v) is 7.07. The third-order valence-electron chi connectivity index (χ3n) is 3.95. The van der Waals surface area contributed by atoms with E-state index in [0.717, 1.165) is 17.9 Å². The fourth-order valence-electron chi connectivity index (χ4n) is 3.26. The minimum absolute atomic E-state index is 0.152. The lowest BCUT2D eigenvalue weighted by molar-refractivity contribution is 0.392. The molecule has 4 atom stereocenters. The van der Waals surface area contributed by atoms with Gasteiger partial charge in [0.2, 0.25) is 0 Å². The van der Waals surface area contributed by atoms with E-state index in [1.165, 1.54) is 11.1 Å². The molecule has 1 aromatic carbocycles. The van der Waals surface area contributed by atoms with Crippen molar-refractivity contribution in [1.29, 1.82) is 0 Å². The average molecular weight is 318 g/mol. The van der Waals surface area contributed by atoms with Gasteiger partial charge in [-0.3, -0.25) is 0 Å². The van der Waals surface area contributed by atoms with E-state index in [4.69, 9.17) is 21.1 Å². The van der Waals surface area contributed by atoms with E-state index in [2.05, 4.69) is 15.9 Å². The fraction of sp³-hybridized carbons (Fsp3) is 0.538. The van der Waals surface area contributed by atoms with E-state index >= 15 is 0 Å². The highest BCUT2D eigenvalue weighted by atomic mass is 79.9. The number of rotatable bonds is 2. The molecule has 0 aromatic heterocycles. The first kappa shape index (κ1) is 11.7. The molecular formula is C13H14BrClO2. The molecule has 0 radical (unpaired) electrons. The number of halogens is 2. The van der Waals surface area contributed by atoms with Gasteiger partial charge < -0.3 is 9.47 Å². The second kappa shape index (κ2) is 4.06. The van der Waals surface area contributed by atoms with Crippen LogP contribution in [0.5, 0.6) is 11.5 Å². The van der Waals surface area contributed by atoms with Crippen LogP contribution in [-0.4, -0.2) is 24.4 Å². The summed E-state index contributed by atoms with van der Waals surface area (Å²) in [5.41, 5.74) is 2.50. The summed E-state index contributed by atoms with van der Waals surface area (Å²) in [6.45, 7) is 0. The Morgan fingerprint density at radius 2 is 1.76 bits per heavy atom. The quantitative estimate of drug-likeness (QED) is 0.775. The first-order valence-electron chi connectivity index (χ1n) is 5.72. The Hall–Kier alpha value is -0.410. The number of hydrogen-bond donors (Lipinski definition) is 0. The van der Waals surface area contributed by atoms with Gasteiger partial charge in [0.1, 0.15) is 11.5 Å². The van der Waals surface area contributed by atoms with Crippen molar-refractivity contribution >= 4 is 27.5 Å². The number of methoxy groups -OCH3 is 2. The summed E-state index contributed by atoms with van der Waals surface area (Å²) in [4.78, 5) is 0.448. The normalized spacial score (nSPS) is 33.6. The molecule has 2 aliphatic carbocycles. The Bertz CT molecular complexity index is 463. The Morgan fingerprint density at radius 3 is 2.35 bits per heavy atom. The molecule has 1 aromatic rings. The monoisotopic (exact) mass is 316 g/mol. The van der Waals surface area contributed by atoms with Crippen molar-refractivity contribution in [2.24, 2.45) is 0 Å². The van der Waals surface area contributed by atoms with E-state index in [0.29, 0.717) is 16.7 Å². The molecule has 0 spiro atoms. The summed E-state index contributed by atoms with van der Waals surface area (Å²) < 4.78 is 10.9. The Labute approximate surface area is 114 Å². The predicted octanol–water partition coefficient (Wildman–Crippen LogP) is 3.66. The zero-order chi connectivity index (χ0) is 12.2. The molecule has 2 aliphatic rings. The standard InChI is InChI=1S/C13H14BrClO2/c1-16-8-3-4-9(17-2)12-10(8)6-5-7(14)11(12)13(6)15/h3-4,6-7,11,13H,5H2,1-2H3/t6-,7+,11+,13-/m0/s1. The smallest absolute Gasteiger partial charge is 0.122 e. The molecule has 4 heteroatoms. The third kappa shape index (κ3) is 1.45. The molecule has 1 saturated carbocycles. The first-order chi connectivity index (χ1) is 8.19. The van der Waals surface area contributed by atoms with Gasteiger partial charge in [-0.2, -0.15) is 0 Å². The highest BCUT2D eigenvalue weighted by molar-refractivity contribution is 9.09. The predicted molar refractivity (Wildman–Crippen MR) is 72.0 cm³/mol. The number of fused-ring (bicyclic) bond motifs is 5. The maximum absolute atomic E-state index is 6.55. The van der Waals surface area contributed by atoms with Crippen LogP contribution in [0, 0.1) is 0 Å². The van der Waals surface area contributed by atoms with Crippen LogP contribution in [0.25, 0.3) is 0 Å². The van der Waals surface area contributed by atoms with E-state index in [-0.39, 0.29) is 5.38 Å². The van der Waals surface area contributed by atoms with Crippen LogP contribution < -0.4 is 9.47 Å². The molecule has 2 bridgehead atoms. The van der Waals surface area contributed by atoms with Crippen molar-refractivity contribution < 1.29 is 9.47 Å². The molecule has 0 aliphatic heterocycles. The lowest BCUT2D eigenvalue weighted by Gasteiger charge is -2.23. The van der Waals surface area contributed by atoms with Crippen LogP contribution in [0.1, 0.15) is 29.4 Å². The van der Waals surface area contributed by atoms with Crippen LogP contribution >= 0.6 is 27.5 Å². The Morgan fingerprint density at radius 1 is 1.18 bits per heavy atom. The van der Waals surface area contributed by atoms with Crippen molar-refractivity contribution in [1.82, 2.24) is 0 Å². The van der Waals surface area contributed by atoms with Gasteiger partial charge in [0, 0.05) is 33.2 Å². The zero-order valence-corrected chi connectivity index (χ0v) is 12.1. The van der Waals surface area contributed by atoms with Gasteiger partial charge >= 0.3 is 0 Å². The maximum Gasteiger partial charge on any atom is 0.122 e. The molecule has 0 N–H and O–H groups in total. The zero-order valence-electron chi connectivity index (χ0n) is 9.74. The lowest BCUT2D eigenvalue weighted by Crippen LogP contribution is -2.12. The van der Waals surface area contributed by atoms with Gasteiger partial charge in [0.25, 0.3) is 0 Å². The van der Waals surface area contributed by atoms with Gasteiger partial charge in [0.05, 0.1) is 14.2 Å². The van der Waals surface area contributed by atoms with Crippen LogP contribution in [0.4, 0.5) is 0 Å². The van der Waals surface area contributed by atoms with E-state index < -0.39 is 0 Å². The van der Waals surface area contributed by atoms with Crippen molar-refractivity contribution in [3.63, 3.8) is 0 Å². The summed E-state index contributed by atoms with van der Waals surface area (Å²) >= 11 is 10.3. The molecular weight excluding hydrogens is 303 g/mol. The molecule has 0 saturated heterocycles. The largest absolute Gasteiger partial charge is 0.496 e. The van der Waals surface area contributed by atoms with Crippen LogP contribution in [0.15, 0.2) is 12.1 Å². The topological polar surface area (TPSA) is 18.5 Å².